The van der Waals surface area contributed by atoms with Crippen molar-refractivity contribution in [2.24, 2.45) is 0 Å². The van der Waals surface area contributed by atoms with Crippen LogP contribution in [0, 0.1) is 10.1 Å². The van der Waals surface area contributed by atoms with Crippen LogP contribution in [-0.2, 0) is 13.1 Å². The molecule has 1 aromatic heterocycles. The molecule has 26 heavy (non-hydrogen) atoms. The van der Waals surface area contributed by atoms with Crippen molar-refractivity contribution in [1.29, 1.82) is 0 Å². The number of pyridine rings is 1. The van der Waals surface area contributed by atoms with Gasteiger partial charge in [-0.3, -0.25) is 20.0 Å². The summed E-state index contributed by atoms with van der Waals surface area (Å²) < 4.78 is 0. The third kappa shape index (κ3) is 5.00. The second kappa shape index (κ2) is 9.07. The molecule has 0 spiro atoms. The molecule has 2 aromatic rings. The Labute approximate surface area is 158 Å². The van der Waals surface area contributed by atoms with Gasteiger partial charge in [0.15, 0.2) is 0 Å². The van der Waals surface area contributed by atoms with Crippen molar-refractivity contribution in [2.75, 3.05) is 13.1 Å². The number of aromatic nitrogens is 1. The van der Waals surface area contributed by atoms with E-state index in [1.54, 1.807) is 12.1 Å². The number of nitro benzene ring substituents is 1. The highest BCUT2D eigenvalue weighted by Crippen LogP contribution is 2.27. The lowest BCUT2D eigenvalue weighted by atomic mass is 10.1. The summed E-state index contributed by atoms with van der Waals surface area (Å²) in [5, 5.41) is 14.6. The van der Waals surface area contributed by atoms with E-state index in [1.807, 2.05) is 24.4 Å². The number of benzene rings is 1. The van der Waals surface area contributed by atoms with Gasteiger partial charge < -0.3 is 5.32 Å². The van der Waals surface area contributed by atoms with Crippen LogP contribution < -0.4 is 5.32 Å². The quantitative estimate of drug-likeness (QED) is 0.615. The summed E-state index contributed by atoms with van der Waals surface area (Å²) in [5.74, 6) is 0. The maximum atomic E-state index is 11.0. The summed E-state index contributed by atoms with van der Waals surface area (Å²) in [6.07, 6.45) is 5.16. The molecule has 1 aliphatic heterocycles. The lowest BCUT2D eigenvalue weighted by molar-refractivity contribution is -0.384. The molecule has 0 amide bonds. The van der Waals surface area contributed by atoms with Gasteiger partial charge in [0.1, 0.15) is 5.02 Å². The highest BCUT2D eigenvalue weighted by Gasteiger charge is 2.22. The largest absolute Gasteiger partial charge is 0.317 e. The fourth-order valence-electron chi connectivity index (χ4n) is 3.41. The number of rotatable bonds is 6. The van der Waals surface area contributed by atoms with Crippen molar-refractivity contribution in [3.05, 3.63) is 69.0 Å². The molecule has 138 valence electrons. The predicted octanol–water partition coefficient (Wildman–Crippen LogP) is 3.79. The summed E-state index contributed by atoms with van der Waals surface area (Å²) in [6.45, 7) is 3.50. The molecule has 0 saturated carbocycles. The summed E-state index contributed by atoms with van der Waals surface area (Å²) in [7, 11) is 0. The van der Waals surface area contributed by atoms with Crippen LogP contribution in [0.25, 0.3) is 0 Å². The van der Waals surface area contributed by atoms with Crippen molar-refractivity contribution in [3.63, 3.8) is 0 Å². The van der Waals surface area contributed by atoms with Gasteiger partial charge in [0, 0.05) is 31.4 Å². The molecule has 1 unspecified atom stereocenters. The van der Waals surface area contributed by atoms with Gasteiger partial charge in [-0.15, -0.1) is 0 Å². The smallest absolute Gasteiger partial charge is 0.287 e. The molecule has 1 aliphatic rings. The van der Waals surface area contributed by atoms with Gasteiger partial charge in [0.2, 0.25) is 0 Å². The first-order valence-corrected chi connectivity index (χ1v) is 9.29. The lowest BCUT2D eigenvalue weighted by Crippen LogP contribution is -2.35. The molecule has 7 heteroatoms. The SMILES string of the molecule is O=[N+]([O-])c1ccc(CN(Cc2ccccn2)C2CCCNCC2)cc1Cl. The first-order valence-electron chi connectivity index (χ1n) is 8.91. The molecule has 1 atom stereocenters. The van der Waals surface area contributed by atoms with Crippen LogP contribution in [0.5, 0.6) is 0 Å². The standard InChI is InChI=1S/C19H23ClN4O2/c20-18-12-15(6-7-19(18)24(25)26)13-23(14-16-4-1-2-10-22-16)17-5-3-9-21-11-8-17/h1-2,4,6-7,10,12,17,21H,3,5,8-9,11,13-14H2. The Balaban J connectivity index is 1.80. The molecule has 0 aliphatic carbocycles. The van der Waals surface area contributed by atoms with Crippen LogP contribution in [0.15, 0.2) is 42.6 Å². The molecule has 1 saturated heterocycles. The van der Waals surface area contributed by atoms with Gasteiger partial charge in [0.25, 0.3) is 5.69 Å². The van der Waals surface area contributed by atoms with E-state index in [-0.39, 0.29) is 10.7 Å². The van der Waals surface area contributed by atoms with E-state index < -0.39 is 4.92 Å². The fraction of sp³-hybridized carbons (Fsp3) is 0.421. The van der Waals surface area contributed by atoms with Crippen LogP contribution in [0.2, 0.25) is 5.02 Å². The average Bonchev–Trinajstić information content (AvgIpc) is 2.91. The number of halogens is 1. The first kappa shape index (κ1) is 18.8. The highest BCUT2D eigenvalue weighted by atomic mass is 35.5. The second-order valence-electron chi connectivity index (χ2n) is 6.60. The summed E-state index contributed by atoms with van der Waals surface area (Å²) in [5.41, 5.74) is 1.96. The van der Waals surface area contributed by atoms with Crippen LogP contribution in [0.4, 0.5) is 5.69 Å². The average molecular weight is 375 g/mol. The Morgan fingerprint density at radius 3 is 2.85 bits per heavy atom. The van der Waals surface area contributed by atoms with E-state index in [2.05, 4.69) is 15.2 Å². The van der Waals surface area contributed by atoms with Gasteiger partial charge in [-0.1, -0.05) is 23.7 Å². The molecule has 1 fully saturated rings. The van der Waals surface area contributed by atoms with Gasteiger partial charge in [-0.25, -0.2) is 0 Å². The highest BCUT2D eigenvalue weighted by molar-refractivity contribution is 6.32. The monoisotopic (exact) mass is 374 g/mol. The zero-order chi connectivity index (χ0) is 18.4. The molecule has 1 N–H and O–H groups in total. The number of nitrogens with one attached hydrogen (secondary N) is 1. The van der Waals surface area contributed by atoms with Crippen molar-refractivity contribution in [2.45, 2.75) is 38.4 Å². The van der Waals surface area contributed by atoms with E-state index in [4.69, 9.17) is 11.6 Å². The Bertz CT molecular complexity index is 734. The van der Waals surface area contributed by atoms with E-state index >= 15 is 0 Å². The fourth-order valence-corrected chi connectivity index (χ4v) is 3.68. The maximum absolute atomic E-state index is 11.0. The third-order valence-electron chi connectivity index (χ3n) is 4.75. The van der Waals surface area contributed by atoms with Crippen molar-refractivity contribution in [1.82, 2.24) is 15.2 Å². The lowest BCUT2D eigenvalue weighted by Gasteiger charge is -2.31. The van der Waals surface area contributed by atoms with Crippen molar-refractivity contribution < 1.29 is 4.92 Å². The van der Waals surface area contributed by atoms with E-state index in [0.29, 0.717) is 12.6 Å². The molecular weight excluding hydrogens is 352 g/mol. The molecule has 3 rings (SSSR count). The minimum absolute atomic E-state index is 0.0506. The number of nitro groups is 1. The number of nitrogens with zero attached hydrogens (tertiary/aromatic N) is 3. The molecule has 2 heterocycles. The van der Waals surface area contributed by atoms with Crippen LogP contribution in [0.3, 0.4) is 0 Å². The molecule has 6 nitrogen and oxygen atoms in total. The molecule has 0 bridgehead atoms. The minimum atomic E-state index is -0.450. The van der Waals surface area contributed by atoms with Crippen LogP contribution in [0.1, 0.15) is 30.5 Å². The normalized spacial score (nSPS) is 17.8. The maximum Gasteiger partial charge on any atom is 0.287 e. The second-order valence-corrected chi connectivity index (χ2v) is 7.01. The number of hydrogen-bond donors (Lipinski definition) is 1. The van der Waals surface area contributed by atoms with Gasteiger partial charge in [-0.05, 0) is 56.1 Å². The summed E-state index contributed by atoms with van der Waals surface area (Å²) >= 11 is 6.10. The van der Waals surface area contributed by atoms with Crippen molar-refractivity contribution >= 4 is 17.3 Å². The molecule has 1 aromatic carbocycles. The summed E-state index contributed by atoms with van der Waals surface area (Å²) in [4.78, 5) is 17.4. The van der Waals surface area contributed by atoms with Gasteiger partial charge in [-0.2, -0.15) is 0 Å². The molecule has 0 radical (unpaired) electrons. The predicted molar refractivity (Wildman–Crippen MR) is 102 cm³/mol. The summed E-state index contributed by atoms with van der Waals surface area (Å²) in [6, 6.07) is 11.4. The third-order valence-corrected chi connectivity index (χ3v) is 5.05. The zero-order valence-electron chi connectivity index (χ0n) is 14.6. The Hall–Kier alpha value is -2.02. The van der Waals surface area contributed by atoms with Crippen molar-refractivity contribution in [3.8, 4) is 0 Å². The first-order chi connectivity index (χ1) is 12.6. The van der Waals surface area contributed by atoms with Crippen LogP contribution >= 0.6 is 11.6 Å². The minimum Gasteiger partial charge on any atom is -0.317 e. The van der Waals surface area contributed by atoms with Gasteiger partial charge in [0.05, 0.1) is 10.6 Å². The van der Waals surface area contributed by atoms with E-state index in [1.165, 1.54) is 6.07 Å². The van der Waals surface area contributed by atoms with E-state index in [9.17, 15) is 10.1 Å². The zero-order valence-corrected chi connectivity index (χ0v) is 15.4. The Morgan fingerprint density at radius 2 is 2.12 bits per heavy atom. The molecular formula is C19H23ClN4O2. The van der Waals surface area contributed by atoms with Gasteiger partial charge >= 0.3 is 0 Å². The Kier molecular flexibility index (Phi) is 6.55. The number of hydrogen-bond acceptors (Lipinski definition) is 5. The van der Waals surface area contributed by atoms with Crippen LogP contribution in [-0.4, -0.2) is 33.9 Å². The Morgan fingerprint density at radius 1 is 1.23 bits per heavy atom. The van der Waals surface area contributed by atoms with E-state index in [0.717, 1.165) is 50.2 Å². The topological polar surface area (TPSA) is 71.3 Å².